The summed E-state index contributed by atoms with van der Waals surface area (Å²) in [5.74, 6) is 0.280. The Hall–Kier alpha value is -0.110. The summed E-state index contributed by atoms with van der Waals surface area (Å²) in [5, 5.41) is 0. The standard InChI is InChI=1S/C8H16FN.C2H6/c1-3-10-5-4-7(2)8(9)6-10;1-2/h7-8H,3-6H2,1-2H3;1-2H3. The largest absolute Gasteiger partial charge is 0.301 e. The number of nitrogens with zero attached hydrogens (tertiary/aromatic N) is 1. The first-order valence-corrected chi connectivity index (χ1v) is 5.10. The highest BCUT2D eigenvalue weighted by atomic mass is 19.1. The molecule has 1 rings (SSSR count). The molecule has 0 amide bonds. The third kappa shape index (κ3) is 3.53. The van der Waals surface area contributed by atoms with Crippen molar-refractivity contribution >= 4 is 0 Å². The molecule has 0 N–H and O–H groups in total. The van der Waals surface area contributed by atoms with Crippen LogP contribution in [0.15, 0.2) is 0 Å². The first-order chi connectivity index (χ1) is 5.74. The Labute approximate surface area is 75.9 Å². The first-order valence-electron chi connectivity index (χ1n) is 5.10. The van der Waals surface area contributed by atoms with Gasteiger partial charge in [0.15, 0.2) is 0 Å². The summed E-state index contributed by atoms with van der Waals surface area (Å²) in [6.07, 6.45) is 0.434. The van der Waals surface area contributed by atoms with E-state index in [0.717, 1.165) is 19.5 Å². The molecule has 0 spiro atoms. The average molecular weight is 175 g/mol. The van der Waals surface area contributed by atoms with Crippen molar-refractivity contribution < 1.29 is 4.39 Å². The van der Waals surface area contributed by atoms with Crippen molar-refractivity contribution in [1.82, 2.24) is 4.90 Å². The second-order valence-electron chi connectivity index (χ2n) is 3.18. The summed E-state index contributed by atoms with van der Waals surface area (Å²) in [6, 6.07) is 0. The summed E-state index contributed by atoms with van der Waals surface area (Å²) in [4.78, 5) is 2.17. The molecule has 0 bridgehead atoms. The third-order valence-electron chi connectivity index (χ3n) is 2.40. The van der Waals surface area contributed by atoms with Gasteiger partial charge in [0.2, 0.25) is 0 Å². The van der Waals surface area contributed by atoms with Crippen LogP contribution in [0.4, 0.5) is 4.39 Å². The molecular weight excluding hydrogens is 153 g/mol. The Morgan fingerprint density at radius 3 is 2.42 bits per heavy atom. The fraction of sp³-hybridized carbons (Fsp3) is 1.00. The van der Waals surface area contributed by atoms with Gasteiger partial charge < -0.3 is 4.90 Å². The van der Waals surface area contributed by atoms with Crippen LogP contribution in [0.1, 0.15) is 34.1 Å². The number of halogens is 1. The molecule has 0 aromatic heterocycles. The Morgan fingerprint density at radius 1 is 1.42 bits per heavy atom. The molecule has 2 heteroatoms. The van der Waals surface area contributed by atoms with Crippen LogP contribution < -0.4 is 0 Å². The number of piperidine rings is 1. The summed E-state index contributed by atoms with van der Waals surface area (Å²) < 4.78 is 13.0. The maximum atomic E-state index is 13.0. The van der Waals surface area contributed by atoms with E-state index in [0.29, 0.717) is 6.54 Å². The van der Waals surface area contributed by atoms with Gasteiger partial charge in [-0.25, -0.2) is 4.39 Å². The summed E-state index contributed by atoms with van der Waals surface area (Å²) in [6.45, 7) is 10.8. The molecule has 1 aliphatic heterocycles. The molecule has 74 valence electrons. The molecule has 1 heterocycles. The van der Waals surface area contributed by atoms with Crippen LogP contribution in [0.5, 0.6) is 0 Å². The first kappa shape index (κ1) is 11.9. The molecule has 2 unspecified atom stereocenters. The van der Waals surface area contributed by atoms with Crippen molar-refractivity contribution in [2.24, 2.45) is 5.92 Å². The molecule has 2 atom stereocenters. The van der Waals surface area contributed by atoms with Crippen LogP contribution in [0.25, 0.3) is 0 Å². The maximum Gasteiger partial charge on any atom is 0.115 e. The predicted octanol–water partition coefficient (Wildman–Crippen LogP) is 2.71. The predicted molar refractivity (Wildman–Crippen MR) is 52.1 cm³/mol. The van der Waals surface area contributed by atoms with Crippen LogP contribution in [-0.2, 0) is 0 Å². The lowest BCUT2D eigenvalue weighted by atomic mass is 9.97. The summed E-state index contributed by atoms with van der Waals surface area (Å²) >= 11 is 0. The van der Waals surface area contributed by atoms with Gasteiger partial charge in [0.1, 0.15) is 6.17 Å². The zero-order valence-electron chi connectivity index (χ0n) is 8.81. The molecule has 0 aromatic rings. The van der Waals surface area contributed by atoms with Gasteiger partial charge >= 0.3 is 0 Å². The van der Waals surface area contributed by atoms with E-state index >= 15 is 0 Å². The van der Waals surface area contributed by atoms with E-state index in [-0.39, 0.29) is 5.92 Å². The topological polar surface area (TPSA) is 3.24 Å². The quantitative estimate of drug-likeness (QED) is 0.592. The minimum Gasteiger partial charge on any atom is -0.301 e. The zero-order chi connectivity index (χ0) is 9.56. The summed E-state index contributed by atoms with van der Waals surface area (Å²) in [5.41, 5.74) is 0. The second-order valence-corrected chi connectivity index (χ2v) is 3.18. The monoisotopic (exact) mass is 175 g/mol. The zero-order valence-corrected chi connectivity index (χ0v) is 8.81. The number of alkyl halides is 1. The minimum absolute atomic E-state index is 0.280. The molecule has 12 heavy (non-hydrogen) atoms. The smallest absolute Gasteiger partial charge is 0.115 e. The van der Waals surface area contributed by atoms with E-state index in [1.54, 1.807) is 0 Å². The van der Waals surface area contributed by atoms with Gasteiger partial charge in [-0.05, 0) is 25.4 Å². The van der Waals surface area contributed by atoms with Gasteiger partial charge in [0.25, 0.3) is 0 Å². The van der Waals surface area contributed by atoms with E-state index in [9.17, 15) is 4.39 Å². The maximum absolute atomic E-state index is 13.0. The molecule has 0 aromatic carbocycles. The fourth-order valence-corrected chi connectivity index (χ4v) is 1.37. The lowest BCUT2D eigenvalue weighted by molar-refractivity contribution is 0.0975. The lowest BCUT2D eigenvalue weighted by Crippen LogP contribution is -2.40. The molecule has 1 aliphatic rings. The summed E-state index contributed by atoms with van der Waals surface area (Å²) in [7, 11) is 0. The molecule has 1 nitrogen and oxygen atoms in total. The Kier molecular flexibility index (Phi) is 6.35. The minimum atomic E-state index is -0.589. The van der Waals surface area contributed by atoms with E-state index in [4.69, 9.17) is 0 Å². The third-order valence-corrected chi connectivity index (χ3v) is 2.40. The molecule has 0 radical (unpaired) electrons. The van der Waals surface area contributed by atoms with Gasteiger partial charge in [-0.15, -0.1) is 0 Å². The van der Waals surface area contributed by atoms with E-state index < -0.39 is 6.17 Å². The van der Waals surface area contributed by atoms with Crippen LogP contribution >= 0.6 is 0 Å². The molecular formula is C10H22FN. The van der Waals surface area contributed by atoms with Crippen LogP contribution in [0.3, 0.4) is 0 Å². The van der Waals surface area contributed by atoms with E-state index in [2.05, 4.69) is 11.8 Å². The fourth-order valence-electron chi connectivity index (χ4n) is 1.37. The van der Waals surface area contributed by atoms with Crippen molar-refractivity contribution in [3.63, 3.8) is 0 Å². The molecule has 0 saturated carbocycles. The Balaban J connectivity index is 0.000000561. The van der Waals surface area contributed by atoms with Gasteiger partial charge in [0, 0.05) is 6.54 Å². The van der Waals surface area contributed by atoms with Gasteiger partial charge in [-0.1, -0.05) is 27.7 Å². The van der Waals surface area contributed by atoms with Crippen molar-refractivity contribution in [2.75, 3.05) is 19.6 Å². The molecule has 1 fully saturated rings. The van der Waals surface area contributed by atoms with Crippen molar-refractivity contribution in [3.8, 4) is 0 Å². The van der Waals surface area contributed by atoms with Gasteiger partial charge in [0.05, 0.1) is 0 Å². The van der Waals surface area contributed by atoms with Gasteiger partial charge in [-0.3, -0.25) is 0 Å². The molecule has 0 aliphatic carbocycles. The average Bonchev–Trinajstić information content (AvgIpc) is 2.13. The normalized spacial score (nSPS) is 30.8. The number of rotatable bonds is 1. The van der Waals surface area contributed by atoms with Crippen LogP contribution in [0.2, 0.25) is 0 Å². The van der Waals surface area contributed by atoms with E-state index in [1.807, 2.05) is 20.8 Å². The highest BCUT2D eigenvalue weighted by molar-refractivity contribution is 4.76. The lowest BCUT2D eigenvalue weighted by Gasteiger charge is -2.31. The van der Waals surface area contributed by atoms with Crippen LogP contribution in [-0.4, -0.2) is 30.7 Å². The Morgan fingerprint density at radius 2 is 2.00 bits per heavy atom. The number of hydrogen-bond donors (Lipinski definition) is 0. The highest BCUT2D eigenvalue weighted by Gasteiger charge is 2.24. The SMILES string of the molecule is CC.CCN1CCC(C)C(F)C1. The van der Waals surface area contributed by atoms with Gasteiger partial charge in [-0.2, -0.15) is 0 Å². The van der Waals surface area contributed by atoms with Crippen molar-refractivity contribution in [2.45, 2.75) is 40.3 Å². The number of likely N-dealkylation sites (tertiary alicyclic amines) is 1. The van der Waals surface area contributed by atoms with Crippen LogP contribution in [0, 0.1) is 5.92 Å². The van der Waals surface area contributed by atoms with E-state index in [1.165, 1.54) is 0 Å². The van der Waals surface area contributed by atoms with Crippen molar-refractivity contribution in [1.29, 1.82) is 0 Å². The van der Waals surface area contributed by atoms with Crippen molar-refractivity contribution in [3.05, 3.63) is 0 Å². The Bertz CT molecular complexity index is 106. The molecule has 1 saturated heterocycles. The number of hydrogen-bond acceptors (Lipinski definition) is 1. The second kappa shape index (κ2) is 6.41. The highest BCUT2D eigenvalue weighted by Crippen LogP contribution is 2.18.